The van der Waals surface area contributed by atoms with E-state index in [0.29, 0.717) is 0 Å². The van der Waals surface area contributed by atoms with Gasteiger partial charge in [-0.15, -0.1) is 0 Å². The van der Waals surface area contributed by atoms with Crippen LogP contribution in [0.1, 0.15) is 62.3 Å². The SMILES string of the molecule is CC(C)(C)Oc1ccc(-c2cc(-c3ccc(OC(C)(C)C)cc3)[s+]c(-c3ccc(OC(C)(C)C)cc3)c2)cc1.F[B-](F)(F)F. The first-order chi connectivity index (χ1) is 20.1. The van der Waals surface area contributed by atoms with Crippen LogP contribution in [0.3, 0.4) is 0 Å². The molecule has 0 spiro atoms. The fourth-order valence-corrected chi connectivity index (χ4v) is 5.22. The molecular formula is C35H41BF4O3S. The van der Waals surface area contributed by atoms with E-state index in [1.54, 1.807) is 11.3 Å². The smallest absolute Gasteiger partial charge is 0.488 e. The van der Waals surface area contributed by atoms with Gasteiger partial charge in [-0.3, -0.25) is 0 Å². The molecule has 4 aromatic rings. The highest BCUT2D eigenvalue weighted by Crippen LogP contribution is 2.39. The summed E-state index contributed by atoms with van der Waals surface area (Å²) < 4.78 is 57.1. The minimum Gasteiger partial charge on any atom is -0.488 e. The van der Waals surface area contributed by atoms with Crippen LogP contribution in [0.5, 0.6) is 17.2 Å². The third kappa shape index (κ3) is 12.6. The summed E-state index contributed by atoms with van der Waals surface area (Å²) in [6, 6.07) is 29.7. The number of hydrogen-bond donors (Lipinski definition) is 0. The first kappa shape index (κ1) is 34.9. The molecule has 0 unspecified atom stereocenters. The minimum absolute atomic E-state index is 0.233. The van der Waals surface area contributed by atoms with Crippen molar-refractivity contribution in [3.05, 3.63) is 84.9 Å². The molecule has 0 bridgehead atoms. The largest absolute Gasteiger partial charge is 0.673 e. The van der Waals surface area contributed by atoms with Gasteiger partial charge in [-0.25, -0.2) is 0 Å². The maximum absolute atomic E-state index is 9.75. The normalized spacial score (nSPS) is 12.2. The zero-order valence-corrected chi connectivity index (χ0v) is 27.6. The van der Waals surface area contributed by atoms with Gasteiger partial charge in [0.1, 0.15) is 34.1 Å². The van der Waals surface area contributed by atoms with Crippen LogP contribution in [0.25, 0.3) is 32.0 Å². The highest BCUT2D eigenvalue weighted by molar-refractivity contribution is 7.18. The fourth-order valence-electron chi connectivity index (χ4n) is 4.10. The molecule has 9 heteroatoms. The van der Waals surface area contributed by atoms with Crippen molar-refractivity contribution in [2.24, 2.45) is 0 Å². The molecule has 1 heterocycles. The summed E-state index contributed by atoms with van der Waals surface area (Å²) in [5, 5.41) is 0. The van der Waals surface area contributed by atoms with Crippen molar-refractivity contribution in [1.82, 2.24) is 0 Å². The molecule has 0 N–H and O–H groups in total. The monoisotopic (exact) mass is 628 g/mol. The van der Waals surface area contributed by atoms with Gasteiger partial charge in [-0.2, -0.15) is 0 Å². The van der Waals surface area contributed by atoms with Gasteiger partial charge >= 0.3 is 7.25 Å². The standard InChI is InChI=1S/C35H41O3S.BF4/c1-33(2,3)36-28-16-10-24(11-17-28)27-22-31(25-12-18-29(19-13-25)37-34(4,5)6)39-32(23-27)26-14-20-30(21-15-26)38-35(7,8)9;2-1(3,4)5/h10-23H,1-9H3;/q+1;-1. The zero-order chi connectivity index (χ0) is 32.9. The van der Waals surface area contributed by atoms with Crippen molar-refractivity contribution in [3.63, 3.8) is 0 Å². The maximum Gasteiger partial charge on any atom is 0.673 e. The summed E-state index contributed by atoms with van der Waals surface area (Å²) >= 11 is 1.78. The predicted octanol–water partition coefficient (Wildman–Crippen LogP) is 11.9. The van der Waals surface area contributed by atoms with Crippen LogP contribution in [-0.4, -0.2) is 24.1 Å². The summed E-state index contributed by atoms with van der Waals surface area (Å²) in [5.41, 5.74) is 3.92. The number of rotatable bonds is 6. The predicted molar refractivity (Wildman–Crippen MR) is 176 cm³/mol. The van der Waals surface area contributed by atoms with Crippen LogP contribution < -0.4 is 14.2 Å². The molecule has 0 radical (unpaired) electrons. The van der Waals surface area contributed by atoms with Crippen molar-refractivity contribution in [2.45, 2.75) is 79.1 Å². The van der Waals surface area contributed by atoms with Crippen molar-refractivity contribution in [2.75, 3.05) is 0 Å². The van der Waals surface area contributed by atoms with E-state index in [2.05, 4.69) is 135 Å². The van der Waals surface area contributed by atoms with Gasteiger partial charge in [0.15, 0.2) is 0 Å². The maximum atomic E-state index is 9.75. The molecule has 0 aliphatic carbocycles. The van der Waals surface area contributed by atoms with E-state index in [1.807, 2.05) is 12.1 Å². The lowest BCUT2D eigenvalue weighted by atomic mass is 10.0. The number of benzene rings is 3. The molecule has 44 heavy (non-hydrogen) atoms. The summed E-state index contributed by atoms with van der Waals surface area (Å²) in [6.45, 7) is 18.6. The summed E-state index contributed by atoms with van der Waals surface area (Å²) in [6.07, 6.45) is 0. The first-order valence-corrected chi connectivity index (χ1v) is 15.2. The Balaban J connectivity index is 0.000000978. The lowest BCUT2D eigenvalue weighted by Crippen LogP contribution is -2.22. The van der Waals surface area contributed by atoms with Gasteiger partial charge in [0.25, 0.3) is 0 Å². The molecule has 0 fully saturated rings. The molecule has 0 amide bonds. The molecule has 3 aromatic carbocycles. The van der Waals surface area contributed by atoms with E-state index in [-0.39, 0.29) is 16.8 Å². The second-order valence-corrected chi connectivity index (χ2v) is 14.4. The van der Waals surface area contributed by atoms with Crippen molar-refractivity contribution in [3.8, 4) is 49.3 Å². The average Bonchev–Trinajstić information content (AvgIpc) is 2.86. The number of hydrogen-bond acceptors (Lipinski definition) is 3. The summed E-state index contributed by atoms with van der Waals surface area (Å²) in [4.78, 5) is 2.38. The minimum atomic E-state index is -6.00. The molecule has 0 aliphatic heterocycles. The lowest BCUT2D eigenvalue weighted by molar-refractivity contribution is 0.130. The molecule has 236 valence electrons. The van der Waals surface area contributed by atoms with Crippen LogP contribution >= 0.6 is 11.3 Å². The molecule has 0 saturated carbocycles. The van der Waals surface area contributed by atoms with Crippen molar-refractivity contribution >= 4 is 18.6 Å². The Morgan fingerprint density at radius 2 is 0.682 bits per heavy atom. The highest BCUT2D eigenvalue weighted by atomic mass is 32.1. The van der Waals surface area contributed by atoms with Crippen LogP contribution in [0.15, 0.2) is 84.9 Å². The zero-order valence-electron chi connectivity index (χ0n) is 26.8. The van der Waals surface area contributed by atoms with Gasteiger partial charge in [-0.1, -0.05) is 12.1 Å². The van der Waals surface area contributed by atoms with E-state index in [0.717, 1.165) is 39.5 Å². The Bertz CT molecular complexity index is 1310. The Morgan fingerprint density at radius 3 is 0.932 bits per heavy atom. The molecule has 0 aliphatic rings. The van der Waals surface area contributed by atoms with E-state index in [1.165, 1.54) is 9.75 Å². The van der Waals surface area contributed by atoms with E-state index < -0.39 is 7.25 Å². The Hall–Kier alpha value is -3.59. The van der Waals surface area contributed by atoms with Gasteiger partial charge in [0, 0.05) is 23.3 Å². The number of ether oxygens (including phenoxy) is 3. The van der Waals surface area contributed by atoms with Crippen LogP contribution in [0.2, 0.25) is 0 Å². The summed E-state index contributed by atoms with van der Waals surface area (Å²) in [5.74, 6) is 2.61. The third-order valence-electron chi connectivity index (χ3n) is 5.53. The van der Waals surface area contributed by atoms with E-state index in [9.17, 15) is 17.3 Å². The number of halogens is 4. The van der Waals surface area contributed by atoms with Crippen molar-refractivity contribution < 1.29 is 31.5 Å². The van der Waals surface area contributed by atoms with Crippen LogP contribution in [0, 0.1) is 0 Å². The molecule has 3 nitrogen and oxygen atoms in total. The van der Waals surface area contributed by atoms with E-state index >= 15 is 0 Å². The van der Waals surface area contributed by atoms with E-state index in [4.69, 9.17) is 14.2 Å². The van der Waals surface area contributed by atoms with Gasteiger partial charge < -0.3 is 31.5 Å². The highest BCUT2D eigenvalue weighted by Gasteiger charge is 2.22. The lowest BCUT2D eigenvalue weighted by Gasteiger charge is -2.21. The third-order valence-corrected chi connectivity index (χ3v) is 6.68. The van der Waals surface area contributed by atoms with Gasteiger partial charge in [-0.05, 0) is 134 Å². The molecule has 1 aromatic heterocycles. The Kier molecular flexibility index (Phi) is 10.8. The quantitative estimate of drug-likeness (QED) is 0.121. The topological polar surface area (TPSA) is 27.7 Å². The van der Waals surface area contributed by atoms with Crippen LogP contribution in [-0.2, 0) is 0 Å². The van der Waals surface area contributed by atoms with Gasteiger partial charge in [0.2, 0.25) is 21.1 Å². The average molecular weight is 629 g/mol. The molecule has 0 saturated heterocycles. The van der Waals surface area contributed by atoms with Gasteiger partial charge in [0.05, 0.1) is 0 Å². The van der Waals surface area contributed by atoms with Crippen molar-refractivity contribution in [1.29, 1.82) is 0 Å². The molecular weight excluding hydrogens is 587 g/mol. The summed E-state index contributed by atoms with van der Waals surface area (Å²) in [7, 11) is -6.00. The second-order valence-electron chi connectivity index (χ2n) is 13.3. The van der Waals surface area contributed by atoms with Crippen LogP contribution in [0.4, 0.5) is 17.3 Å². The Morgan fingerprint density at radius 1 is 0.432 bits per heavy atom. The second kappa shape index (κ2) is 13.6. The molecule has 0 atom stereocenters. The Labute approximate surface area is 262 Å². The fraction of sp³-hybridized carbons (Fsp3) is 0.343. The molecule has 4 rings (SSSR count). The first-order valence-electron chi connectivity index (χ1n) is 14.4.